The van der Waals surface area contributed by atoms with Crippen LogP contribution in [0, 0.1) is 34.5 Å². The molecule has 6 atom stereocenters. The normalized spacial score (nSPS) is 45.4. The number of carbonyl (C=O) groups is 1. The Morgan fingerprint density at radius 1 is 1.11 bits per heavy atom. The number of rotatable bonds is 5. The Balaban J connectivity index is 1.61. The molecule has 0 radical (unpaired) electrons. The van der Waals surface area contributed by atoms with Crippen molar-refractivity contribution in [1.29, 1.82) is 0 Å². The van der Waals surface area contributed by atoms with Gasteiger partial charge in [0.1, 0.15) is 5.78 Å². The van der Waals surface area contributed by atoms with E-state index >= 15 is 0 Å². The minimum Gasteiger partial charge on any atom is -0.411 e. The van der Waals surface area contributed by atoms with Gasteiger partial charge in [0, 0.05) is 17.8 Å². The Morgan fingerprint density at radius 3 is 2.74 bits per heavy atom. The van der Waals surface area contributed by atoms with Crippen LogP contribution in [0.3, 0.4) is 0 Å². The van der Waals surface area contributed by atoms with E-state index < -0.39 is 0 Å². The molecule has 4 heteroatoms. The van der Waals surface area contributed by atoms with Gasteiger partial charge in [-0.25, -0.2) is 0 Å². The number of unbranched alkanes of at least 4 members (excludes halogenated alkanes) is 2. The van der Waals surface area contributed by atoms with Gasteiger partial charge in [-0.2, -0.15) is 0 Å². The van der Waals surface area contributed by atoms with Crippen LogP contribution in [0.1, 0.15) is 90.4 Å². The van der Waals surface area contributed by atoms with Gasteiger partial charge in [0.05, 0.1) is 5.71 Å². The summed E-state index contributed by atoms with van der Waals surface area (Å²) < 4.78 is 0. The molecule has 4 aliphatic rings. The second kappa shape index (κ2) is 7.50. The van der Waals surface area contributed by atoms with Gasteiger partial charge in [-0.05, 0) is 81.1 Å². The standard InChI is InChI=1S/C23H38N2O2/c1-22-11-5-3-7-19(22)20(25-27)15-16-17(22)10-13-23(12-4-2-6-14-24)18(16)8-9-21(23)26/h16-19,27H,2-15,24H2,1H3/b25-20+/t16-,17+,18+,19?,22-,23+/m1/s1. The van der Waals surface area contributed by atoms with E-state index in [4.69, 9.17) is 5.73 Å². The van der Waals surface area contributed by atoms with E-state index in [9.17, 15) is 10.0 Å². The lowest BCUT2D eigenvalue weighted by molar-refractivity contribution is -0.136. The molecule has 4 fully saturated rings. The number of nitrogens with two attached hydrogens (primary N) is 1. The highest BCUT2D eigenvalue weighted by Gasteiger charge is 2.62. The van der Waals surface area contributed by atoms with Gasteiger partial charge in [-0.15, -0.1) is 0 Å². The highest BCUT2D eigenvalue weighted by molar-refractivity contribution is 5.90. The zero-order valence-corrected chi connectivity index (χ0v) is 17.1. The average molecular weight is 375 g/mol. The lowest BCUT2D eigenvalue weighted by Crippen LogP contribution is -2.56. The fraction of sp³-hybridized carbons (Fsp3) is 0.913. The molecular weight excluding hydrogens is 336 g/mol. The molecule has 152 valence electrons. The third-order valence-electron chi connectivity index (χ3n) is 9.29. The topological polar surface area (TPSA) is 75.7 Å². The van der Waals surface area contributed by atoms with Crippen molar-refractivity contribution in [2.45, 2.75) is 90.4 Å². The minimum absolute atomic E-state index is 0.0752. The predicted molar refractivity (Wildman–Crippen MR) is 108 cm³/mol. The van der Waals surface area contributed by atoms with Gasteiger partial charge < -0.3 is 10.9 Å². The van der Waals surface area contributed by atoms with Crippen molar-refractivity contribution in [1.82, 2.24) is 0 Å². The van der Waals surface area contributed by atoms with Gasteiger partial charge in [0.2, 0.25) is 0 Å². The zero-order valence-electron chi connectivity index (χ0n) is 17.1. The number of Topliss-reactive ketones (excluding diaryl/α,β-unsaturated/α-hetero) is 1. The third kappa shape index (κ3) is 2.97. The summed E-state index contributed by atoms with van der Waals surface area (Å²) in [4.78, 5) is 13.1. The molecule has 1 unspecified atom stereocenters. The first kappa shape index (κ1) is 19.4. The summed E-state index contributed by atoms with van der Waals surface area (Å²) in [5.41, 5.74) is 6.93. The summed E-state index contributed by atoms with van der Waals surface area (Å²) in [5, 5.41) is 13.6. The van der Waals surface area contributed by atoms with Crippen LogP contribution in [0.5, 0.6) is 0 Å². The fourth-order valence-electron chi connectivity index (χ4n) is 8.03. The molecule has 3 N–H and O–H groups in total. The summed E-state index contributed by atoms with van der Waals surface area (Å²) in [6.07, 6.45) is 14.5. The van der Waals surface area contributed by atoms with Crippen molar-refractivity contribution in [3.8, 4) is 0 Å². The summed E-state index contributed by atoms with van der Waals surface area (Å²) in [6, 6.07) is 0. The number of nitrogens with zero attached hydrogens (tertiary/aromatic N) is 1. The molecule has 4 aliphatic carbocycles. The maximum Gasteiger partial charge on any atom is 0.139 e. The van der Waals surface area contributed by atoms with Crippen LogP contribution in [0.15, 0.2) is 5.16 Å². The molecule has 27 heavy (non-hydrogen) atoms. The zero-order chi connectivity index (χ0) is 19.1. The SMILES string of the molecule is C[C@]12CCCCC1/C(=N/O)C[C@H]1[C@@H]3CCC(=O)[C@@]3(CCCCCN)CC[C@@H]12. The second-order valence-corrected chi connectivity index (χ2v) is 10.2. The molecule has 0 aromatic heterocycles. The second-order valence-electron chi connectivity index (χ2n) is 10.2. The summed E-state index contributed by atoms with van der Waals surface area (Å²) in [5.74, 6) is 2.77. The van der Waals surface area contributed by atoms with Crippen LogP contribution >= 0.6 is 0 Å². The number of oxime groups is 1. The summed E-state index contributed by atoms with van der Waals surface area (Å²) in [6.45, 7) is 3.23. The number of ketones is 1. The van der Waals surface area contributed by atoms with Crippen molar-refractivity contribution >= 4 is 11.5 Å². The van der Waals surface area contributed by atoms with Crippen LogP contribution in [-0.2, 0) is 4.79 Å². The lowest BCUT2D eigenvalue weighted by Gasteiger charge is -2.60. The molecule has 0 aliphatic heterocycles. The smallest absolute Gasteiger partial charge is 0.139 e. The summed E-state index contributed by atoms with van der Waals surface area (Å²) in [7, 11) is 0. The minimum atomic E-state index is -0.0752. The van der Waals surface area contributed by atoms with E-state index in [1.54, 1.807) is 0 Å². The number of hydrogen-bond acceptors (Lipinski definition) is 4. The number of hydrogen-bond donors (Lipinski definition) is 2. The molecule has 0 heterocycles. The maximum atomic E-state index is 13.1. The van der Waals surface area contributed by atoms with Gasteiger partial charge >= 0.3 is 0 Å². The van der Waals surface area contributed by atoms with Crippen molar-refractivity contribution in [2.24, 2.45) is 45.4 Å². The first-order valence-electron chi connectivity index (χ1n) is 11.5. The summed E-state index contributed by atoms with van der Waals surface area (Å²) >= 11 is 0. The fourth-order valence-corrected chi connectivity index (χ4v) is 8.03. The molecule has 4 saturated carbocycles. The first-order valence-corrected chi connectivity index (χ1v) is 11.5. The molecule has 4 rings (SSSR count). The maximum absolute atomic E-state index is 13.1. The predicted octanol–water partition coefficient (Wildman–Crippen LogP) is 4.93. The van der Waals surface area contributed by atoms with Crippen molar-refractivity contribution < 1.29 is 10.0 Å². The first-order chi connectivity index (χ1) is 13.1. The van der Waals surface area contributed by atoms with E-state index in [0.29, 0.717) is 29.5 Å². The Bertz CT molecular complexity index is 603. The van der Waals surface area contributed by atoms with Gasteiger partial charge in [-0.3, -0.25) is 4.79 Å². The van der Waals surface area contributed by atoms with Crippen LogP contribution < -0.4 is 5.73 Å². The number of carbonyl (C=O) groups excluding carboxylic acids is 1. The van der Waals surface area contributed by atoms with Crippen LogP contribution in [0.4, 0.5) is 0 Å². The van der Waals surface area contributed by atoms with Crippen molar-refractivity contribution in [2.75, 3.05) is 6.54 Å². The third-order valence-corrected chi connectivity index (χ3v) is 9.29. The van der Waals surface area contributed by atoms with Crippen molar-refractivity contribution in [3.63, 3.8) is 0 Å². The van der Waals surface area contributed by atoms with Crippen LogP contribution in [-0.4, -0.2) is 23.2 Å². The molecule has 0 saturated heterocycles. The van der Waals surface area contributed by atoms with Gasteiger partial charge in [-0.1, -0.05) is 37.8 Å². The van der Waals surface area contributed by atoms with E-state index in [1.807, 2.05) is 0 Å². The van der Waals surface area contributed by atoms with E-state index in [1.165, 1.54) is 32.1 Å². The average Bonchev–Trinajstić information content (AvgIpc) is 3.01. The Labute approximate surface area is 164 Å². The van der Waals surface area contributed by atoms with E-state index in [-0.39, 0.29) is 10.8 Å². The highest BCUT2D eigenvalue weighted by atomic mass is 16.4. The molecule has 0 amide bonds. The van der Waals surface area contributed by atoms with E-state index in [0.717, 1.165) is 63.6 Å². The van der Waals surface area contributed by atoms with Gasteiger partial charge in [0.15, 0.2) is 0 Å². The number of fused-ring (bicyclic) bond motifs is 5. The lowest BCUT2D eigenvalue weighted by atomic mass is 9.44. The van der Waals surface area contributed by atoms with Crippen LogP contribution in [0.25, 0.3) is 0 Å². The molecule has 0 bridgehead atoms. The Morgan fingerprint density at radius 2 is 1.96 bits per heavy atom. The quantitative estimate of drug-likeness (QED) is 0.407. The largest absolute Gasteiger partial charge is 0.411 e. The molecule has 4 nitrogen and oxygen atoms in total. The van der Waals surface area contributed by atoms with Crippen LogP contribution in [0.2, 0.25) is 0 Å². The Kier molecular flexibility index (Phi) is 5.39. The van der Waals surface area contributed by atoms with Gasteiger partial charge in [0.25, 0.3) is 0 Å². The molecule has 0 aromatic carbocycles. The van der Waals surface area contributed by atoms with E-state index in [2.05, 4.69) is 12.1 Å². The van der Waals surface area contributed by atoms with Crippen molar-refractivity contribution in [3.05, 3.63) is 0 Å². The molecular formula is C23H38N2O2. The molecule has 0 spiro atoms. The Hall–Kier alpha value is -0.900. The monoisotopic (exact) mass is 374 g/mol. The molecule has 0 aromatic rings. The highest BCUT2D eigenvalue weighted by Crippen LogP contribution is 2.66.